The van der Waals surface area contributed by atoms with Crippen LogP contribution in [0.2, 0.25) is 0 Å². The third-order valence-corrected chi connectivity index (χ3v) is 7.38. The SMILES string of the molecule is O=S(=O)(c1ccc2ccccc2c1)N1CCN(CCOCCOc2ccccc2)CC1. The van der Waals surface area contributed by atoms with Crippen molar-refractivity contribution in [2.24, 2.45) is 0 Å². The molecule has 0 saturated carbocycles. The van der Waals surface area contributed by atoms with Crippen LogP contribution in [-0.4, -0.2) is 70.2 Å². The van der Waals surface area contributed by atoms with E-state index in [-0.39, 0.29) is 0 Å². The van der Waals surface area contributed by atoms with E-state index in [1.807, 2.05) is 60.7 Å². The number of nitrogens with zero attached hydrogens (tertiary/aromatic N) is 2. The highest BCUT2D eigenvalue weighted by Crippen LogP contribution is 2.22. The third-order valence-electron chi connectivity index (χ3n) is 5.48. The molecule has 0 amide bonds. The number of rotatable bonds is 9. The molecule has 164 valence electrons. The van der Waals surface area contributed by atoms with Crippen LogP contribution in [0.5, 0.6) is 5.75 Å². The molecule has 0 aliphatic carbocycles. The Morgan fingerprint density at radius 3 is 2.23 bits per heavy atom. The first kappa shape index (κ1) is 21.8. The Morgan fingerprint density at radius 2 is 1.45 bits per heavy atom. The summed E-state index contributed by atoms with van der Waals surface area (Å²) in [4.78, 5) is 2.60. The van der Waals surface area contributed by atoms with Gasteiger partial charge in [0.2, 0.25) is 10.0 Å². The van der Waals surface area contributed by atoms with E-state index in [9.17, 15) is 8.42 Å². The first-order chi connectivity index (χ1) is 15.1. The average Bonchev–Trinajstić information content (AvgIpc) is 2.82. The fourth-order valence-electron chi connectivity index (χ4n) is 3.70. The number of hydrogen-bond acceptors (Lipinski definition) is 5. The van der Waals surface area contributed by atoms with Gasteiger partial charge in [0.05, 0.1) is 18.1 Å². The van der Waals surface area contributed by atoms with Crippen molar-refractivity contribution in [1.82, 2.24) is 9.21 Å². The van der Waals surface area contributed by atoms with Gasteiger partial charge in [0, 0.05) is 32.7 Å². The second-order valence-corrected chi connectivity index (χ2v) is 9.47. The van der Waals surface area contributed by atoms with Crippen LogP contribution in [-0.2, 0) is 14.8 Å². The van der Waals surface area contributed by atoms with Crippen LogP contribution in [0.15, 0.2) is 77.7 Å². The summed E-state index contributed by atoms with van der Waals surface area (Å²) in [5, 5.41) is 1.98. The maximum Gasteiger partial charge on any atom is 0.243 e. The van der Waals surface area contributed by atoms with E-state index >= 15 is 0 Å². The number of hydrogen-bond donors (Lipinski definition) is 0. The predicted molar refractivity (Wildman–Crippen MR) is 122 cm³/mol. The number of ether oxygens (including phenoxy) is 2. The molecule has 6 nitrogen and oxygen atoms in total. The minimum atomic E-state index is -3.48. The summed E-state index contributed by atoms with van der Waals surface area (Å²) in [6, 6.07) is 22.8. The van der Waals surface area contributed by atoms with Crippen molar-refractivity contribution in [3.8, 4) is 5.75 Å². The quantitative estimate of drug-likeness (QED) is 0.478. The zero-order chi connectivity index (χ0) is 21.5. The van der Waals surface area contributed by atoms with Crippen molar-refractivity contribution in [3.05, 3.63) is 72.8 Å². The minimum absolute atomic E-state index is 0.362. The molecule has 3 aromatic carbocycles. The number of benzene rings is 3. The molecule has 1 aliphatic rings. The topological polar surface area (TPSA) is 59.1 Å². The average molecular weight is 441 g/mol. The Kier molecular flexibility index (Phi) is 7.19. The summed E-state index contributed by atoms with van der Waals surface area (Å²) in [5.41, 5.74) is 0. The molecular weight excluding hydrogens is 412 g/mol. The van der Waals surface area contributed by atoms with Gasteiger partial charge in [-0.3, -0.25) is 4.90 Å². The van der Waals surface area contributed by atoms with Gasteiger partial charge in [-0.2, -0.15) is 4.31 Å². The molecule has 31 heavy (non-hydrogen) atoms. The van der Waals surface area contributed by atoms with Gasteiger partial charge in [-0.15, -0.1) is 0 Å². The number of piperazine rings is 1. The first-order valence-corrected chi connectivity index (χ1v) is 12.0. The maximum absolute atomic E-state index is 13.1. The monoisotopic (exact) mass is 440 g/mol. The van der Waals surface area contributed by atoms with Crippen LogP contribution in [0, 0.1) is 0 Å². The molecular formula is C24H28N2O4S. The molecule has 3 aromatic rings. The molecule has 7 heteroatoms. The van der Waals surface area contributed by atoms with Crippen molar-refractivity contribution in [3.63, 3.8) is 0 Å². The van der Waals surface area contributed by atoms with Gasteiger partial charge >= 0.3 is 0 Å². The molecule has 0 spiro atoms. The lowest BCUT2D eigenvalue weighted by Gasteiger charge is -2.33. The third kappa shape index (κ3) is 5.62. The minimum Gasteiger partial charge on any atom is -0.491 e. The van der Waals surface area contributed by atoms with Crippen molar-refractivity contribution >= 4 is 20.8 Å². The van der Waals surface area contributed by atoms with Crippen LogP contribution in [0.1, 0.15) is 0 Å². The zero-order valence-corrected chi connectivity index (χ0v) is 18.3. The lowest BCUT2D eigenvalue weighted by molar-refractivity contribution is 0.0712. The van der Waals surface area contributed by atoms with Gasteiger partial charge in [0.25, 0.3) is 0 Å². The highest BCUT2D eigenvalue weighted by atomic mass is 32.2. The second kappa shape index (κ2) is 10.2. The van der Waals surface area contributed by atoms with Gasteiger partial charge < -0.3 is 9.47 Å². The highest BCUT2D eigenvalue weighted by Gasteiger charge is 2.28. The fraction of sp³-hybridized carbons (Fsp3) is 0.333. The summed E-state index contributed by atoms with van der Waals surface area (Å²) in [7, 11) is -3.48. The number of para-hydroxylation sites is 1. The van der Waals surface area contributed by atoms with Crippen molar-refractivity contribution in [2.75, 3.05) is 52.5 Å². The van der Waals surface area contributed by atoms with Crippen molar-refractivity contribution in [2.45, 2.75) is 4.90 Å². The van der Waals surface area contributed by atoms with E-state index in [0.717, 1.165) is 23.1 Å². The molecule has 1 heterocycles. The van der Waals surface area contributed by atoms with Gasteiger partial charge in [0.1, 0.15) is 12.4 Å². The Morgan fingerprint density at radius 1 is 0.742 bits per heavy atom. The molecule has 1 saturated heterocycles. The Bertz CT molecular complexity index is 1080. The van der Waals surface area contributed by atoms with Crippen LogP contribution < -0.4 is 4.74 Å². The smallest absolute Gasteiger partial charge is 0.243 e. The molecule has 1 aliphatic heterocycles. The van der Waals surface area contributed by atoms with E-state index in [1.54, 1.807) is 16.4 Å². The van der Waals surface area contributed by atoms with Crippen LogP contribution in [0.3, 0.4) is 0 Å². The van der Waals surface area contributed by atoms with Gasteiger partial charge in [0.15, 0.2) is 0 Å². The predicted octanol–water partition coefficient (Wildman–Crippen LogP) is 3.24. The lowest BCUT2D eigenvalue weighted by atomic mass is 10.1. The van der Waals surface area contributed by atoms with E-state index < -0.39 is 10.0 Å². The summed E-state index contributed by atoms with van der Waals surface area (Å²) in [6.45, 7) is 4.84. The molecule has 0 unspecified atom stereocenters. The van der Waals surface area contributed by atoms with E-state index in [0.29, 0.717) is 50.9 Å². The summed E-state index contributed by atoms with van der Waals surface area (Å²) < 4.78 is 39.0. The molecule has 0 aromatic heterocycles. The largest absolute Gasteiger partial charge is 0.491 e. The van der Waals surface area contributed by atoms with Crippen LogP contribution >= 0.6 is 0 Å². The summed E-state index contributed by atoms with van der Waals surface area (Å²) in [5.74, 6) is 0.842. The maximum atomic E-state index is 13.1. The molecule has 4 rings (SSSR count). The lowest BCUT2D eigenvalue weighted by Crippen LogP contribution is -2.49. The second-order valence-electron chi connectivity index (χ2n) is 7.53. The van der Waals surface area contributed by atoms with E-state index in [2.05, 4.69) is 4.90 Å². The van der Waals surface area contributed by atoms with Crippen molar-refractivity contribution in [1.29, 1.82) is 0 Å². The number of sulfonamides is 1. The Hall–Kier alpha value is -2.45. The molecule has 0 bridgehead atoms. The van der Waals surface area contributed by atoms with Gasteiger partial charge in [-0.05, 0) is 35.0 Å². The zero-order valence-electron chi connectivity index (χ0n) is 17.5. The highest BCUT2D eigenvalue weighted by molar-refractivity contribution is 7.89. The van der Waals surface area contributed by atoms with Crippen LogP contribution in [0.4, 0.5) is 0 Å². The fourth-order valence-corrected chi connectivity index (χ4v) is 5.16. The Labute approximate surface area is 184 Å². The summed E-state index contributed by atoms with van der Waals surface area (Å²) in [6.07, 6.45) is 0. The van der Waals surface area contributed by atoms with E-state index in [1.165, 1.54) is 0 Å². The Balaban J connectivity index is 1.20. The molecule has 1 fully saturated rings. The van der Waals surface area contributed by atoms with Crippen molar-refractivity contribution < 1.29 is 17.9 Å². The molecule has 0 N–H and O–H groups in total. The molecule has 0 radical (unpaired) electrons. The van der Waals surface area contributed by atoms with Gasteiger partial charge in [-0.1, -0.05) is 48.5 Å². The molecule has 0 atom stereocenters. The van der Waals surface area contributed by atoms with E-state index in [4.69, 9.17) is 9.47 Å². The normalized spacial score (nSPS) is 15.9. The first-order valence-electron chi connectivity index (χ1n) is 10.6. The van der Waals surface area contributed by atoms with Crippen LogP contribution in [0.25, 0.3) is 10.8 Å². The standard InChI is InChI=1S/C24H28N2O4S/c27-31(28,24-11-10-21-6-4-5-7-22(21)20-24)26-14-12-25(13-15-26)16-17-29-18-19-30-23-8-2-1-3-9-23/h1-11,20H,12-19H2. The van der Waals surface area contributed by atoms with Gasteiger partial charge in [-0.25, -0.2) is 8.42 Å². The number of fused-ring (bicyclic) bond motifs is 1. The summed E-state index contributed by atoms with van der Waals surface area (Å²) >= 11 is 0.